The Bertz CT molecular complexity index is 429. The molecule has 1 aliphatic heterocycles. The van der Waals surface area contributed by atoms with Gasteiger partial charge in [0.05, 0.1) is 13.0 Å². The molecule has 0 saturated carbocycles. The highest BCUT2D eigenvalue weighted by Gasteiger charge is 2.33. The quantitative estimate of drug-likeness (QED) is 0.789. The average Bonchev–Trinajstić information content (AvgIpc) is 2.86. The predicted octanol–water partition coefficient (Wildman–Crippen LogP) is 2.86. The Morgan fingerprint density at radius 1 is 1.56 bits per heavy atom. The summed E-state index contributed by atoms with van der Waals surface area (Å²) in [6.45, 7) is 7.32. The molecule has 0 bridgehead atoms. The minimum atomic E-state index is -0.120. The van der Waals surface area contributed by atoms with E-state index in [9.17, 15) is 4.79 Å². The van der Waals surface area contributed by atoms with E-state index in [1.807, 2.05) is 18.3 Å². The number of hydrogen-bond donors (Lipinski definition) is 0. The normalized spacial score (nSPS) is 23.2. The van der Waals surface area contributed by atoms with Crippen molar-refractivity contribution >= 4 is 17.3 Å². The van der Waals surface area contributed by atoms with E-state index in [4.69, 9.17) is 4.74 Å². The van der Waals surface area contributed by atoms with Crippen LogP contribution in [-0.2, 0) is 16.0 Å². The second-order valence-corrected chi connectivity index (χ2v) is 6.02. The summed E-state index contributed by atoms with van der Waals surface area (Å²) in [4.78, 5) is 15.6. The molecule has 1 aliphatic rings. The largest absolute Gasteiger partial charge is 0.469 e. The topological polar surface area (TPSA) is 29.5 Å². The Balaban J connectivity index is 2.13. The number of esters is 1. The first kappa shape index (κ1) is 13.6. The molecule has 0 spiro atoms. The van der Waals surface area contributed by atoms with Crippen LogP contribution in [-0.4, -0.2) is 30.6 Å². The molecule has 4 heteroatoms. The molecule has 0 N–H and O–H groups in total. The molecule has 3 unspecified atom stereocenters. The summed E-state index contributed by atoms with van der Waals surface area (Å²) < 4.78 is 4.85. The zero-order valence-corrected chi connectivity index (χ0v) is 12.3. The van der Waals surface area contributed by atoms with Gasteiger partial charge in [0.2, 0.25) is 0 Å². The first-order valence-corrected chi connectivity index (χ1v) is 7.34. The summed E-state index contributed by atoms with van der Waals surface area (Å²) >= 11 is 1.84. The van der Waals surface area contributed by atoms with Crippen molar-refractivity contribution < 1.29 is 9.53 Å². The average molecular weight is 267 g/mol. The molecular weight excluding hydrogens is 246 g/mol. The maximum absolute atomic E-state index is 11.7. The summed E-state index contributed by atoms with van der Waals surface area (Å²) in [6, 6.07) is 2.81. The van der Waals surface area contributed by atoms with Crippen LogP contribution in [0.1, 0.15) is 37.3 Å². The molecule has 0 aliphatic carbocycles. The fraction of sp³-hybridized carbons (Fsp3) is 0.643. The lowest BCUT2D eigenvalue weighted by Crippen LogP contribution is -2.45. The Labute approximate surface area is 113 Å². The highest BCUT2D eigenvalue weighted by Crippen LogP contribution is 2.35. The van der Waals surface area contributed by atoms with Crippen LogP contribution in [0.5, 0.6) is 0 Å². The maximum Gasteiger partial charge on any atom is 0.309 e. The molecule has 1 aromatic heterocycles. The van der Waals surface area contributed by atoms with Crippen LogP contribution >= 0.6 is 11.3 Å². The Hall–Kier alpha value is -0.870. The summed E-state index contributed by atoms with van der Waals surface area (Å²) in [5, 5.41) is 2.17. The highest BCUT2D eigenvalue weighted by atomic mass is 32.1. The van der Waals surface area contributed by atoms with Gasteiger partial charge >= 0.3 is 5.97 Å². The SMILES string of the molecule is COC(=O)C(C)C(C)N1CCc2sccc2C1C. The molecule has 2 heterocycles. The monoisotopic (exact) mass is 267 g/mol. The molecule has 0 fully saturated rings. The second kappa shape index (κ2) is 5.41. The fourth-order valence-electron chi connectivity index (χ4n) is 2.76. The molecule has 1 aromatic rings. The minimum absolute atomic E-state index is 0.0855. The lowest BCUT2D eigenvalue weighted by Gasteiger charge is -2.39. The molecule has 2 rings (SSSR count). The molecule has 0 aromatic carbocycles. The van der Waals surface area contributed by atoms with Crippen LogP contribution in [0.4, 0.5) is 0 Å². The number of hydrogen-bond acceptors (Lipinski definition) is 4. The van der Waals surface area contributed by atoms with Crippen LogP contribution in [0.2, 0.25) is 0 Å². The van der Waals surface area contributed by atoms with Gasteiger partial charge < -0.3 is 4.74 Å². The fourth-order valence-corrected chi connectivity index (χ4v) is 3.72. The van der Waals surface area contributed by atoms with Crippen LogP contribution in [0.3, 0.4) is 0 Å². The third-order valence-corrected chi connectivity index (χ3v) is 5.14. The summed E-state index contributed by atoms with van der Waals surface area (Å²) in [5.74, 6) is -0.205. The number of thiophene rings is 1. The van der Waals surface area contributed by atoms with E-state index in [1.165, 1.54) is 17.6 Å². The standard InChI is InChI=1S/C14H21NO2S/c1-9(14(16)17-4)10(2)15-7-5-13-12(11(15)3)6-8-18-13/h6,8-11H,5,7H2,1-4H3. The van der Waals surface area contributed by atoms with Gasteiger partial charge in [-0.1, -0.05) is 6.92 Å². The van der Waals surface area contributed by atoms with Crippen molar-refractivity contribution in [1.82, 2.24) is 4.90 Å². The number of nitrogens with zero attached hydrogens (tertiary/aromatic N) is 1. The zero-order valence-electron chi connectivity index (χ0n) is 11.5. The van der Waals surface area contributed by atoms with Gasteiger partial charge in [-0.3, -0.25) is 9.69 Å². The molecule has 0 saturated heterocycles. The van der Waals surface area contributed by atoms with Crippen LogP contribution in [0.25, 0.3) is 0 Å². The van der Waals surface area contributed by atoms with Gasteiger partial charge in [0.15, 0.2) is 0 Å². The third kappa shape index (κ3) is 2.31. The number of ether oxygens (including phenoxy) is 1. The van der Waals surface area contributed by atoms with Crippen LogP contribution in [0, 0.1) is 5.92 Å². The Morgan fingerprint density at radius 3 is 2.94 bits per heavy atom. The Morgan fingerprint density at radius 2 is 2.28 bits per heavy atom. The van der Waals surface area contributed by atoms with Gasteiger partial charge in [0, 0.05) is 23.5 Å². The molecule has 18 heavy (non-hydrogen) atoms. The Kier molecular flexibility index (Phi) is 4.07. The van der Waals surface area contributed by atoms with Crippen molar-refractivity contribution in [2.45, 2.75) is 39.3 Å². The van der Waals surface area contributed by atoms with Crippen molar-refractivity contribution in [1.29, 1.82) is 0 Å². The minimum Gasteiger partial charge on any atom is -0.469 e. The van der Waals surface area contributed by atoms with Crippen LogP contribution < -0.4 is 0 Å². The third-order valence-electron chi connectivity index (χ3n) is 4.14. The number of rotatable bonds is 3. The van der Waals surface area contributed by atoms with Crippen molar-refractivity contribution in [3.8, 4) is 0 Å². The molecule has 0 amide bonds. The van der Waals surface area contributed by atoms with E-state index >= 15 is 0 Å². The zero-order chi connectivity index (χ0) is 13.3. The smallest absolute Gasteiger partial charge is 0.309 e. The van der Waals surface area contributed by atoms with Gasteiger partial charge in [-0.15, -0.1) is 11.3 Å². The van der Waals surface area contributed by atoms with E-state index in [1.54, 1.807) is 0 Å². The van der Waals surface area contributed by atoms with E-state index < -0.39 is 0 Å². The van der Waals surface area contributed by atoms with Crippen molar-refractivity contribution in [2.75, 3.05) is 13.7 Å². The summed E-state index contributed by atoms with van der Waals surface area (Å²) in [5.41, 5.74) is 1.43. The lowest BCUT2D eigenvalue weighted by molar-refractivity contribution is -0.147. The molecule has 3 nitrogen and oxygen atoms in total. The number of carbonyl (C=O) groups is 1. The predicted molar refractivity (Wildman–Crippen MR) is 73.8 cm³/mol. The molecular formula is C14H21NO2S. The number of fused-ring (bicyclic) bond motifs is 1. The number of methoxy groups -OCH3 is 1. The van der Waals surface area contributed by atoms with Crippen molar-refractivity contribution in [3.05, 3.63) is 21.9 Å². The van der Waals surface area contributed by atoms with E-state index in [0.29, 0.717) is 6.04 Å². The number of carbonyl (C=O) groups excluding carboxylic acids is 1. The van der Waals surface area contributed by atoms with Gasteiger partial charge in [-0.25, -0.2) is 0 Å². The van der Waals surface area contributed by atoms with Gasteiger partial charge in [0.1, 0.15) is 0 Å². The van der Waals surface area contributed by atoms with E-state index in [0.717, 1.165) is 13.0 Å². The van der Waals surface area contributed by atoms with Crippen molar-refractivity contribution in [2.24, 2.45) is 5.92 Å². The lowest BCUT2D eigenvalue weighted by atomic mass is 9.94. The van der Waals surface area contributed by atoms with E-state index in [2.05, 4.69) is 30.2 Å². The van der Waals surface area contributed by atoms with Crippen LogP contribution in [0.15, 0.2) is 11.4 Å². The van der Waals surface area contributed by atoms with Gasteiger partial charge in [-0.05, 0) is 37.3 Å². The van der Waals surface area contributed by atoms with E-state index in [-0.39, 0.29) is 17.9 Å². The first-order valence-electron chi connectivity index (χ1n) is 6.46. The maximum atomic E-state index is 11.7. The second-order valence-electron chi connectivity index (χ2n) is 5.02. The first-order chi connectivity index (χ1) is 8.56. The molecule has 3 atom stereocenters. The molecule has 0 radical (unpaired) electrons. The summed E-state index contributed by atoms with van der Waals surface area (Å²) in [7, 11) is 1.46. The molecule has 100 valence electrons. The van der Waals surface area contributed by atoms with Gasteiger partial charge in [-0.2, -0.15) is 0 Å². The summed E-state index contributed by atoms with van der Waals surface area (Å²) in [6.07, 6.45) is 1.09. The van der Waals surface area contributed by atoms with Gasteiger partial charge in [0.25, 0.3) is 0 Å². The highest BCUT2D eigenvalue weighted by molar-refractivity contribution is 7.10. The van der Waals surface area contributed by atoms with Crippen molar-refractivity contribution in [3.63, 3.8) is 0 Å².